The van der Waals surface area contributed by atoms with Crippen LogP contribution in [0.25, 0.3) is 0 Å². The maximum Gasteiger partial charge on any atom is 0.151 e. The Bertz CT molecular complexity index is 697. The molecule has 0 bridgehead atoms. The number of hydrogen-bond donors (Lipinski definition) is 1. The van der Waals surface area contributed by atoms with E-state index in [9.17, 15) is 0 Å². The predicted molar refractivity (Wildman–Crippen MR) is 85.4 cm³/mol. The van der Waals surface area contributed by atoms with E-state index in [1.54, 1.807) is 4.68 Å². The van der Waals surface area contributed by atoms with Gasteiger partial charge in [0.2, 0.25) is 0 Å². The summed E-state index contributed by atoms with van der Waals surface area (Å²) in [5, 5.41) is 13.3. The summed E-state index contributed by atoms with van der Waals surface area (Å²) in [6.45, 7) is 10.3. The summed E-state index contributed by atoms with van der Waals surface area (Å²) in [6, 6.07) is 0. The van der Waals surface area contributed by atoms with E-state index < -0.39 is 0 Å². The largest absolute Gasteiger partial charge is 0.382 e. The highest BCUT2D eigenvalue weighted by Gasteiger charge is 2.25. The molecule has 21 heavy (non-hydrogen) atoms. The number of nitrogens with zero attached hydrogens (tertiary/aromatic N) is 5. The fraction of sp³-hybridized carbons (Fsp3) is 0.533. The maximum atomic E-state index is 6.09. The van der Waals surface area contributed by atoms with Crippen molar-refractivity contribution in [2.24, 2.45) is 24.3 Å². The van der Waals surface area contributed by atoms with E-state index in [1.165, 1.54) is 0 Å². The summed E-state index contributed by atoms with van der Waals surface area (Å²) in [5.41, 5.74) is 10.5. The highest BCUT2D eigenvalue weighted by molar-refractivity contribution is 5.63. The van der Waals surface area contributed by atoms with Crippen molar-refractivity contribution in [1.82, 2.24) is 14.3 Å². The molecule has 0 aliphatic rings. The van der Waals surface area contributed by atoms with Crippen LogP contribution in [0.1, 0.15) is 37.7 Å². The Labute approximate surface area is 125 Å². The van der Waals surface area contributed by atoms with Crippen LogP contribution in [0, 0.1) is 13.8 Å². The second-order valence-electron chi connectivity index (χ2n) is 6.51. The third-order valence-corrected chi connectivity index (χ3v) is 3.66. The third-order valence-electron chi connectivity index (χ3n) is 3.66. The molecule has 0 aliphatic heterocycles. The lowest BCUT2D eigenvalue weighted by atomic mass is 9.91. The molecule has 0 aromatic carbocycles. The standard InChI is InChI=1S/C15H24N6/c1-9-8-20(6)10(2)11(9)17-18-12-13(15(3,4)5)19-21(7)14(12)16/h8H,16H2,1-7H3/b18-17+. The van der Waals surface area contributed by atoms with Gasteiger partial charge in [-0.2, -0.15) is 5.10 Å². The molecule has 0 saturated carbocycles. The molecule has 0 amide bonds. The van der Waals surface area contributed by atoms with Crippen molar-refractivity contribution in [2.75, 3.05) is 5.73 Å². The lowest BCUT2D eigenvalue weighted by molar-refractivity contribution is 0.554. The second kappa shape index (κ2) is 5.02. The van der Waals surface area contributed by atoms with Crippen molar-refractivity contribution >= 4 is 17.2 Å². The molecule has 2 aromatic rings. The molecule has 0 atom stereocenters. The van der Waals surface area contributed by atoms with Crippen LogP contribution in [0.15, 0.2) is 16.4 Å². The molecule has 0 spiro atoms. The Morgan fingerprint density at radius 2 is 1.67 bits per heavy atom. The SMILES string of the molecule is Cc1cn(C)c(C)c1/N=N/c1c(C(C)(C)C)nn(C)c1N. The van der Waals surface area contributed by atoms with Gasteiger partial charge in [0.1, 0.15) is 11.5 Å². The van der Waals surface area contributed by atoms with Gasteiger partial charge in [0.15, 0.2) is 5.69 Å². The summed E-state index contributed by atoms with van der Waals surface area (Å²) in [5.74, 6) is 0.537. The lowest BCUT2D eigenvalue weighted by Gasteiger charge is -2.15. The quantitative estimate of drug-likeness (QED) is 0.856. The first-order chi connectivity index (χ1) is 9.62. The smallest absolute Gasteiger partial charge is 0.151 e. The summed E-state index contributed by atoms with van der Waals surface area (Å²) in [6.07, 6.45) is 2.04. The second-order valence-corrected chi connectivity index (χ2v) is 6.51. The summed E-state index contributed by atoms with van der Waals surface area (Å²) >= 11 is 0. The molecule has 2 rings (SSSR count). The van der Waals surface area contributed by atoms with Gasteiger partial charge in [0.25, 0.3) is 0 Å². The van der Waals surface area contributed by atoms with Gasteiger partial charge in [-0.3, -0.25) is 4.68 Å². The van der Waals surface area contributed by atoms with E-state index in [1.807, 2.05) is 38.7 Å². The number of rotatable bonds is 2. The van der Waals surface area contributed by atoms with Gasteiger partial charge in [-0.25, -0.2) is 0 Å². The third kappa shape index (κ3) is 2.70. The van der Waals surface area contributed by atoms with Crippen molar-refractivity contribution in [3.05, 3.63) is 23.1 Å². The van der Waals surface area contributed by atoms with Crippen molar-refractivity contribution in [1.29, 1.82) is 0 Å². The van der Waals surface area contributed by atoms with Crippen LogP contribution in [0.2, 0.25) is 0 Å². The Balaban J connectivity index is 2.51. The summed E-state index contributed by atoms with van der Waals surface area (Å²) in [4.78, 5) is 0. The molecule has 0 saturated heterocycles. The molecule has 0 fully saturated rings. The zero-order valence-corrected chi connectivity index (χ0v) is 13.9. The Hall–Kier alpha value is -2.11. The zero-order valence-electron chi connectivity index (χ0n) is 13.9. The van der Waals surface area contributed by atoms with E-state index in [0.29, 0.717) is 11.5 Å². The molecule has 2 aromatic heterocycles. The fourth-order valence-electron chi connectivity index (χ4n) is 2.28. The van der Waals surface area contributed by atoms with Crippen LogP contribution in [-0.2, 0) is 19.5 Å². The number of hydrogen-bond acceptors (Lipinski definition) is 4. The summed E-state index contributed by atoms with van der Waals surface area (Å²) in [7, 11) is 3.82. The Morgan fingerprint density at radius 1 is 1.10 bits per heavy atom. The van der Waals surface area contributed by atoms with Gasteiger partial charge < -0.3 is 10.3 Å². The van der Waals surface area contributed by atoms with Crippen molar-refractivity contribution < 1.29 is 0 Å². The van der Waals surface area contributed by atoms with Gasteiger partial charge >= 0.3 is 0 Å². The molecule has 114 valence electrons. The van der Waals surface area contributed by atoms with E-state index in [0.717, 1.165) is 22.6 Å². The van der Waals surface area contributed by atoms with Crippen molar-refractivity contribution in [2.45, 2.75) is 40.0 Å². The van der Waals surface area contributed by atoms with Crippen LogP contribution >= 0.6 is 0 Å². The molecule has 2 N–H and O–H groups in total. The molecule has 6 nitrogen and oxygen atoms in total. The van der Waals surface area contributed by atoms with E-state index in [-0.39, 0.29) is 5.41 Å². The van der Waals surface area contributed by atoms with Gasteiger partial charge in [-0.05, 0) is 19.4 Å². The number of aromatic nitrogens is 3. The first kappa shape index (κ1) is 15.3. The van der Waals surface area contributed by atoms with E-state index in [4.69, 9.17) is 5.73 Å². The molecule has 6 heteroatoms. The first-order valence-corrected chi connectivity index (χ1v) is 7.00. The van der Waals surface area contributed by atoms with Crippen molar-refractivity contribution in [3.63, 3.8) is 0 Å². The number of azo groups is 1. The minimum Gasteiger partial charge on any atom is -0.382 e. The van der Waals surface area contributed by atoms with Crippen LogP contribution in [0.3, 0.4) is 0 Å². The zero-order chi connectivity index (χ0) is 15.9. The number of nitrogen functional groups attached to an aromatic ring is 1. The maximum absolute atomic E-state index is 6.09. The molecule has 0 radical (unpaired) electrons. The molecular weight excluding hydrogens is 264 g/mol. The number of aryl methyl sites for hydroxylation is 3. The molecular formula is C15H24N6. The highest BCUT2D eigenvalue weighted by atomic mass is 15.3. The van der Waals surface area contributed by atoms with E-state index in [2.05, 4.69) is 36.1 Å². The molecule has 0 aliphatic carbocycles. The lowest BCUT2D eigenvalue weighted by Crippen LogP contribution is -2.12. The molecule has 0 unspecified atom stereocenters. The molecule has 2 heterocycles. The van der Waals surface area contributed by atoms with Gasteiger partial charge in [0, 0.05) is 31.4 Å². The normalized spacial score (nSPS) is 12.5. The van der Waals surface area contributed by atoms with Crippen molar-refractivity contribution in [3.8, 4) is 0 Å². The summed E-state index contributed by atoms with van der Waals surface area (Å²) < 4.78 is 3.70. The Kier molecular flexibility index (Phi) is 3.65. The monoisotopic (exact) mass is 288 g/mol. The predicted octanol–water partition coefficient (Wildman–Crippen LogP) is 3.67. The number of anilines is 1. The van der Waals surface area contributed by atoms with Gasteiger partial charge in [0.05, 0.1) is 5.69 Å². The van der Waals surface area contributed by atoms with Gasteiger partial charge in [-0.15, -0.1) is 10.2 Å². The van der Waals surface area contributed by atoms with Gasteiger partial charge in [-0.1, -0.05) is 20.8 Å². The van der Waals surface area contributed by atoms with Crippen LogP contribution in [0.4, 0.5) is 17.2 Å². The minimum absolute atomic E-state index is 0.134. The van der Waals surface area contributed by atoms with Crippen LogP contribution in [-0.4, -0.2) is 14.3 Å². The van der Waals surface area contributed by atoms with E-state index >= 15 is 0 Å². The Morgan fingerprint density at radius 3 is 2.14 bits per heavy atom. The topological polar surface area (TPSA) is 73.5 Å². The highest BCUT2D eigenvalue weighted by Crippen LogP contribution is 2.36. The van der Waals surface area contributed by atoms with Crippen LogP contribution in [0.5, 0.6) is 0 Å². The minimum atomic E-state index is -0.134. The average Bonchev–Trinajstić information content (AvgIpc) is 2.78. The van der Waals surface area contributed by atoms with Crippen LogP contribution < -0.4 is 5.73 Å². The fourth-order valence-corrected chi connectivity index (χ4v) is 2.28. The average molecular weight is 288 g/mol. The first-order valence-electron chi connectivity index (χ1n) is 7.00. The number of nitrogens with two attached hydrogens (primary N) is 1.